The number of hydrazine groups is 1. The standard InChI is InChI=1S/C14H20N8O9S/c1-2-30-12(24)5-10-15-18-19-21(10)7-11(23)16-17-13(25)9-4-3-8-6-20(9)14(26)22(8)31-32(27,28)29/h8-9H,2-7H2,1H3,(H,16,23)(H,17,25)(H,27,28,29)/t8-,9+/m1/s1. The van der Waals surface area contributed by atoms with Crippen LogP contribution in [-0.2, 0) is 46.8 Å². The van der Waals surface area contributed by atoms with Crippen molar-refractivity contribution >= 4 is 34.2 Å². The van der Waals surface area contributed by atoms with Crippen molar-refractivity contribution in [3.63, 3.8) is 0 Å². The lowest BCUT2D eigenvalue weighted by Crippen LogP contribution is -2.54. The zero-order chi connectivity index (χ0) is 23.5. The van der Waals surface area contributed by atoms with Crippen LogP contribution in [0, 0.1) is 0 Å². The number of urea groups is 1. The first-order chi connectivity index (χ1) is 15.1. The van der Waals surface area contributed by atoms with Crippen LogP contribution in [0.15, 0.2) is 0 Å². The van der Waals surface area contributed by atoms with Gasteiger partial charge in [-0.3, -0.25) is 29.8 Å². The number of ether oxygens (including phenoxy) is 1. The van der Waals surface area contributed by atoms with Gasteiger partial charge in [-0.2, -0.15) is 13.5 Å². The lowest BCUT2D eigenvalue weighted by Gasteiger charge is -2.29. The van der Waals surface area contributed by atoms with Crippen LogP contribution in [0.1, 0.15) is 25.6 Å². The molecule has 1 aromatic heterocycles. The summed E-state index contributed by atoms with van der Waals surface area (Å²) in [6.45, 7) is 1.40. The molecule has 0 spiro atoms. The quantitative estimate of drug-likeness (QED) is 0.193. The normalized spacial score (nSPS) is 20.2. The Balaban J connectivity index is 1.52. The fourth-order valence-corrected chi connectivity index (χ4v) is 3.70. The van der Waals surface area contributed by atoms with E-state index < -0.39 is 52.8 Å². The monoisotopic (exact) mass is 476 g/mol. The molecule has 1 aromatic rings. The third-order valence-electron chi connectivity index (χ3n) is 4.63. The van der Waals surface area contributed by atoms with E-state index in [1.54, 1.807) is 6.92 Å². The predicted octanol–water partition coefficient (Wildman–Crippen LogP) is -3.07. The summed E-state index contributed by atoms with van der Waals surface area (Å²) < 4.78 is 40.8. The van der Waals surface area contributed by atoms with Gasteiger partial charge in [0.1, 0.15) is 19.0 Å². The van der Waals surface area contributed by atoms with Gasteiger partial charge in [-0.05, 0) is 30.2 Å². The fraction of sp³-hybridized carbons (Fsp3) is 0.643. The fourth-order valence-electron chi connectivity index (χ4n) is 3.31. The number of aromatic nitrogens is 4. The summed E-state index contributed by atoms with van der Waals surface area (Å²) in [6, 6.07) is -2.56. The van der Waals surface area contributed by atoms with Crippen LogP contribution in [0.5, 0.6) is 0 Å². The highest BCUT2D eigenvalue weighted by atomic mass is 32.3. The molecule has 3 N–H and O–H groups in total. The minimum atomic E-state index is -4.90. The van der Waals surface area contributed by atoms with E-state index >= 15 is 0 Å². The van der Waals surface area contributed by atoms with Crippen LogP contribution in [0.2, 0.25) is 0 Å². The zero-order valence-corrected chi connectivity index (χ0v) is 17.5. The number of nitrogens with one attached hydrogen (secondary N) is 2. The highest BCUT2D eigenvalue weighted by Gasteiger charge is 2.49. The lowest BCUT2D eigenvalue weighted by molar-refractivity contribution is -0.142. The van der Waals surface area contributed by atoms with Crippen LogP contribution >= 0.6 is 0 Å². The molecule has 17 nitrogen and oxygen atoms in total. The van der Waals surface area contributed by atoms with E-state index in [2.05, 4.69) is 30.7 Å². The van der Waals surface area contributed by atoms with Gasteiger partial charge in [-0.1, -0.05) is 0 Å². The van der Waals surface area contributed by atoms with Gasteiger partial charge in [0.2, 0.25) is 0 Å². The molecule has 0 aliphatic carbocycles. The number of carbonyl (C=O) groups excluding carboxylic acids is 4. The number of hydrogen-bond acceptors (Lipinski definition) is 11. The Kier molecular flexibility index (Phi) is 6.84. The molecule has 2 bridgehead atoms. The molecule has 0 saturated carbocycles. The van der Waals surface area contributed by atoms with Crippen molar-refractivity contribution in [2.75, 3.05) is 13.2 Å². The Morgan fingerprint density at radius 2 is 2.00 bits per heavy atom. The van der Waals surface area contributed by atoms with Gasteiger partial charge in [0.05, 0.1) is 12.6 Å². The van der Waals surface area contributed by atoms with E-state index in [-0.39, 0.29) is 38.2 Å². The molecule has 2 saturated heterocycles. The van der Waals surface area contributed by atoms with Crippen molar-refractivity contribution < 1.29 is 41.2 Å². The maximum Gasteiger partial charge on any atom is 0.418 e. The van der Waals surface area contributed by atoms with Gasteiger partial charge >= 0.3 is 22.4 Å². The minimum absolute atomic E-state index is 0.00221. The number of fused-ring (bicyclic) bond motifs is 2. The third-order valence-corrected chi connectivity index (χ3v) is 4.98. The zero-order valence-electron chi connectivity index (χ0n) is 16.7. The Hall–Kier alpha value is -3.38. The molecular formula is C14H20N8O9S. The maximum absolute atomic E-state index is 12.5. The van der Waals surface area contributed by atoms with Crippen molar-refractivity contribution in [3.05, 3.63) is 5.82 Å². The SMILES string of the molecule is CCOC(=O)Cc1nnnn1CC(=O)NNC(=O)[C@@H]1CC[C@@H]2CN1C(=O)N2OS(=O)(=O)O. The number of esters is 1. The van der Waals surface area contributed by atoms with Crippen molar-refractivity contribution in [1.82, 2.24) is 41.0 Å². The molecule has 2 atom stereocenters. The molecular weight excluding hydrogens is 456 g/mol. The number of piperidine rings is 1. The summed E-state index contributed by atoms with van der Waals surface area (Å²) in [5.41, 5.74) is 4.34. The second kappa shape index (κ2) is 9.40. The molecule has 2 fully saturated rings. The van der Waals surface area contributed by atoms with Gasteiger partial charge in [-0.25, -0.2) is 9.48 Å². The highest BCUT2D eigenvalue weighted by Crippen LogP contribution is 2.30. The maximum atomic E-state index is 12.5. The Morgan fingerprint density at radius 3 is 2.69 bits per heavy atom. The van der Waals surface area contributed by atoms with Gasteiger partial charge in [0.25, 0.3) is 11.8 Å². The molecule has 3 heterocycles. The number of hydroxylamine groups is 2. The summed E-state index contributed by atoms with van der Waals surface area (Å²) in [5, 5.41) is 11.1. The summed E-state index contributed by atoms with van der Waals surface area (Å²) in [5.74, 6) is -1.92. The molecule has 32 heavy (non-hydrogen) atoms. The first-order valence-electron chi connectivity index (χ1n) is 9.35. The lowest BCUT2D eigenvalue weighted by atomic mass is 10.0. The van der Waals surface area contributed by atoms with Gasteiger partial charge in [0.15, 0.2) is 5.82 Å². The molecule has 0 aromatic carbocycles. The molecule has 3 rings (SSSR count). The second-order valence-electron chi connectivity index (χ2n) is 6.78. The molecule has 0 radical (unpaired) electrons. The van der Waals surface area contributed by atoms with Crippen LogP contribution in [-0.4, -0.2) is 92.2 Å². The van der Waals surface area contributed by atoms with Crippen molar-refractivity contribution in [1.29, 1.82) is 0 Å². The summed E-state index contributed by atoms with van der Waals surface area (Å²) >= 11 is 0. The molecule has 2 aliphatic rings. The van der Waals surface area contributed by atoms with E-state index in [1.165, 1.54) is 0 Å². The van der Waals surface area contributed by atoms with E-state index in [0.29, 0.717) is 5.06 Å². The number of tetrazole rings is 1. The summed E-state index contributed by atoms with van der Waals surface area (Å²) in [7, 11) is -4.90. The minimum Gasteiger partial charge on any atom is -0.466 e. The largest absolute Gasteiger partial charge is 0.466 e. The molecule has 18 heteroatoms. The van der Waals surface area contributed by atoms with Gasteiger partial charge in [0, 0.05) is 6.54 Å². The van der Waals surface area contributed by atoms with Gasteiger partial charge < -0.3 is 9.64 Å². The average Bonchev–Trinajstić information content (AvgIpc) is 3.23. The molecule has 176 valence electrons. The predicted molar refractivity (Wildman–Crippen MR) is 97.8 cm³/mol. The molecule has 4 amide bonds. The second-order valence-corrected chi connectivity index (χ2v) is 7.79. The molecule has 0 unspecified atom stereocenters. The number of hydrogen-bond donors (Lipinski definition) is 3. The van der Waals surface area contributed by atoms with E-state index in [1.807, 2.05) is 0 Å². The van der Waals surface area contributed by atoms with Crippen LogP contribution < -0.4 is 10.9 Å². The Morgan fingerprint density at radius 1 is 1.25 bits per heavy atom. The first kappa shape index (κ1) is 23.3. The smallest absolute Gasteiger partial charge is 0.418 e. The van der Waals surface area contributed by atoms with E-state index in [9.17, 15) is 27.6 Å². The van der Waals surface area contributed by atoms with E-state index in [0.717, 1.165) is 9.58 Å². The van der Waals surface area contributed by atoms with Crippen LogP contribution in [0.3, 0.4) is 0 Å². The summed E-state index contributed by atoms with van der Waals surface area (Å²) in [4.78, 5) is 49.5. The van der Waals surface area contributed by atoms with E-state index in [4.69, 9.17) is 9.29 Å². The van der Waals surface area contributed by atoms with Crippen LogP contribution in [0.25, 0.3) is 0 Å². The number of nitrogens with zero attached hydrogens (tertiary/aromatic N) is 6. The average molecular weight is 476 g/mol. The van der Waals surface area contributed by atoms with Crippen molar-refractivity contribution in [2.45, 2.75) is 44.8 Å². The third kappa shape index (κ3) is 5.45. The van der Waals surface area contributed by atoms with Crippen LogP contribution in [0.4, 0.5) is 4.79 Å². The topological polar surface area (TPSA) is 215 Å². The number of amides is 4. The van der Waals surface area contributed by atoms with Gasteiger partial charge in [-0.15, -0.1) is 9.38 Å². The van der Waals surface area contributed by atoms with Crippen molar-refractivity contribution in [3.8, 4) is 0 Å². The highest BCUT2D eigenvalue weighted by molar-refractivity contribution is 7.80. The summed E-state index contributed by atoms with van der Waals surface area (Å²) in [6.07, 6.45) is 0.148. The molecule has 2 aliphatic heterocycles. The van der Waals surface area contributed by atoms with Crippen molar-refractivity contribution in [2.24, 2.45) is 0 Å². The Bertz CT molecular complexity index is 1010. The first-order valence-corrected chi connectivity index (χ1v) is 10.7. The Labute approximate surface area is 180 Å². The number of rotatable bonds is 8. The number of carbonyl (C=O) groups is 4.